The van der Waals surface area contributed by atoms with Crippen LogP contribution < -0.4 is 10.6 Å². The number of benzene rings is 1. The molecule has 1 aromatic heterocycles. The molecule has 0 saturated heterocycles. The van der Waals surface area contributed by atoms with Crippen molar-refractivity contribution in [2.75, 3.05) is 11.9 Å². The Morgan fingerprint density at radius 1 is 1.44 bits per heavy atom. The minimum atomic E-state index is -2.53. The molecule has 1 saturated carbocycles. The van der Waals surface area contributed by atoms with Crippen molar-refractivity contribution in [2.24, 2.45) is 13.0 Å². The molecule has 1 heterocycles. The Morgan fingerprint density at radius 2 is 2.28 bits per heavy atom. The predicted molar refractivity (Wildman–Crippen MR) is 90.4 cm³/mol. The Morgan fingerprint density at radius 3 is 2.96 bits per heavy atom. The van der Waals surface area contributed by atoms with Gasteiger partial charge in [-0.25, -0.2) is 18.6 Å². The van der Waals surface area contributed by atoms with Crippen LogP contribution in [0.2, 0.25) is 0 Å². The van der Waals surface area contributed by atoms with Crippen LogP contribution in [0.25, 0.3) is 11.4 Å². The monoisotopic (exact) mass is 349 g/mol. The Bertz CT molecular complexity index is 746. The van der Waals surface area contributed by atoms with Gasteiger partial charge in [-0.05, 0) is 30.9 Å². The summed E-state index contributed by atoms with van der Waals surface area (Å²) in [7, 11) is 1.78. The molecule has 1 fully saturated rings. The number of alkyl halides is 2. The van der Waals surface area contributed by atoms with Gasteiger partial charge in [-0.15, -0.1) is 0 Å². The lowest BCUT2D eigenvalue weighted by atomic mass is 10.0. The summed E-state index contributed by atoms with van der Waals surface area (Å²) in [6.45, 7) is 0.383. The molecule has 0 spiro atoms. The number of hydrogen-bond acceptors (Lipinski definition) is 3. The Kier molecular flexibility index (Phi) is 4.96. The number of urea groups is 1. The molecule has 1 unspecified atom stereocenters. The highest BCUT2D eigenvalue weighted by Gasteiger charge is 2.38. The van der Waals surface area contributed by atoms with Gasteiger partial charge in [0.1, 0.15) is 6.33 Å². The molecule has 1 atom stereocenters. The van der Waals surface area contributed by atoms with Crippen LogP contribution in [0.1, 0.15) is 25.7 Å². The summed E-state index contributed by atoms with van der Waals surface area (Å²) in [6.07, 6.45) is 2.58. The third kappa shape index (κ3) is 4.74. The largest absolute Gasteiger partial charge is 0.338 e. The zero-order chi connectivity index (χ0) is 17.9. The molecule has 0 bridgehead atoms. The number of aromatic nitrogens is 3. The normalized spacial score (nSPS) is 18.9. The van der Waals surface area contributed by atoms with Crippen molar-refractivity contribution in [1.82, 2.24) is 20.1 Å². The topological polar surface area (TPSA) is 71.8 Å². The summed E-state index contributed by atoms with van der Waals surface area (Å²) in [5.41, 5.74) is 1.42. The standard InChI is InChI=1S/C17H21F2N5O/c1-24-11-21-15(23-24)13-3-2-4-14(9-13)22-16(25)20-8-6-12-5-7-17(18,19)10-12/h2-4,9,11-12H,5-8,10H2,1H3,(H2,20,22,25). The van der Waals surface area contributed by atoms with Gasteiger partial charge in [0.05, 0.1) is 0 Å². The second-order valence-corrected chi connectivity index (χ2v) is 6.46. The van der Waals surface area contributed by atoms with Crippen LogP contribution in [0.3, 0.4) is 0 Å². The van der Waals surface area contributed by atoms with Gasteiger partial charge in [-0.3, -0.25) is 4.68 Å². The van der Waals surface area contributed by atoms with Crippen molar-refractivity contribution in [2.45, 2.75) is 31.6 Å². The second kappa shape index (κ2) is 7.16. The summed E-state index contributed by atoms with van der Waals surface area (Å²) in [6, 6.07) is 6.87. The number of nitrogens with zero attached hydrogens (tertiary/aromatic N) is 3. The van der Waals surface area contributed by atoms with E-state index in [-0.39, 0.29) is 24.8 Å². The zero-order valence-corrected chi connectivity index (χ0v) is 14.0. The van der Waals surface area contributed by atoms with Gasteiger partial charge in [0.2, 0.25) is 5.92 Å². The zero-order valence-electron chi connectivity index (χ0n) is 14.0. The highest BCUT2D eigenvalue weighted by molar-refractivity contribution is 5.89. The van der Waals surface area contributed by atoms with E-state index < -0.39 is 5.92 Å². The van der Waals surface area contributed by atoms with Gasteiger partial charge in [0.15, 0.2) is 5.82 Å². The van der Waals surface area contributed by atoms with Crippen molar-refractivity contribution in [3.05, 3.63) is 30.6 Å². The van der Waals surface area contributed by atoms with E-state index in [2.05, 4.69) is 20.7 Å². The molecular weight excluding hydrogens is 328 g/mol. The molecule has 0 aliphatic heterocycles. The lowest BCUT2D eigenvalue weighted by molar-refractivity contribution is 0.00478. The van der Waals surface area contributed by atoms with E-state index in [0.717, 1.165) is 5.56 Å². The van der Waals surface area contributed by atoms with Crippen LogP contribution in [-0.4, -0.2) is 33.3 Å². The number of rotatable bonds is 5. The SMILES string of the molecule is Cn1cnc(-c2cccc(NC(=O)NCCC3CCC(F)(F)C3)c2)n1. The lowest BCUT2D eigenvalue weighted by Crippen LogP contribution is -2.30. The molecule has 1 aliphatic rings. The molecule has 2 aromatic rings. The van der Waals surface area contributed by atoms with E-state index in [1.807, 2.05) is 12.1 Å². The van der Waals surface area contributed by atoms with Gasteiger partial charge < -0.3 is 10.6 Å². The summed E-state index contributed by atoms with van der Waals surface area (Å²) in [5.74, 6) is -1.98. The molecule has 2 amide bonds. The third-order valence-electron chi connectivity index (χ3n) is 4.32. The number of halogens is 2. The highest BCUT2D eigenvalue weighted by atomic mass is 19.3. The number of amides is 2. The number of nitrogens with one attached hydrogen (secondary N) is 2. The molecular formula is C17H21F2N5O. The fraction of sp³-hybridized carbons (Fsp3) is 0.471. The fourth-order valence-corrected chi connectivity index (χ4v) is 3.06. The van der Waals surface area contributed by atoms with Crippen molar-refractivity contribution >= 4 is 11.7 Å². The summed E-state index contributed by atoms with van der Waals surface area (Å²) in [4.78, 5) is 16.1. The molecule has 8 heteroatoms. The van der Waals surface area contributed by atoms with Crippen LogP contribution in [0.4, 0.5) is 19.3 Å². The van der Waals surface area contributed by atoms with Crippen molar-refractivity contribution in [1.29, 1.82) is 0 Å². The minimum absolute atomic E-state index is 0.0196. The molecule has 1 aromatic carbocycles. The molecule has 1 aliphatic carbocycles. The first-order valence-electron chi connectivity index (χ1n) is 8.30. The summed E-state index contributed by atoms with van der Waals surface area (Å²) >= 11 is 0. The van der Waals surface area contributed by atoms with Gasteiger partial charge in [0.25, 0.3) is 0 Å². The van der Waals surface area contributed by atoms with Crippen molar-refractivity contribution < 1.29 is 13.6 Å². The fourth-order valence-electron chi connectivity index (χ4n) is 3.06. The average molecular weight is 349 g/mol. The first-order valence-corrected chi connectivity index (χ1v) is 8.30. The maximum Gasteiger partial charge on any atom is 0.319 e. The van der Waals surface area contributed by atoms with Gasteiger partial charge in [0, 0.05) is 37.7 Å². The molecule has 134 valence electrons. The van der Waals surface area contributed by atoms with E-state index in [4.69, 9.17) is 0 Å². The van der Waals surface area contributed by atoms with E-state index in [1.165, 1.54) is 0 Å². The molecule has 3 rings (SSSR count). The number of anilines is 1. The number of carbonyl (C=O) groups is 1. The summed E-state index contributed by atoms with van der Waals surface area (Å²) < 4.78 is 27.9. The lowest BCUT2D eigenvalue weighted by Gasteiger charge is -2.12. The number of aryl methyl sites for hydroxylation is 1. The predicted octanol–water partition coefficient (Wildman–Crippen LogP) is 3.43. The van der Waals surface area contributed by atoms with E-state index >= 15 is 0 Å². The van der Waals surface area contributed by atoms with Crippen LogP contribution >= 0.6 is 0 Å². The van der Waals surface area contributed by atoms with Crippen LogP contribution in [-0.2, 0) is 7.05 Å². The smallest absolute Gasteiger partial charge is 0.319 e. The molecule has 0 radical (unpaired) electrons. The molecule has 25 heavy (non-hydrogen) atoms. The van der Waals surface area contributed by atoms with Crippen LogP contribution in [0.15, 0.2) is 30.6 Å². The Balaban J connectivity index is 1.48. The van der Waals surface area contributed by atoms with Gasteiger partial charge in [-0.1, -0.05) is 12.1 Å². The number of hydrogen-bond donors (Lipinski definition) is 2. The first kappa shape index (κ1) is 17.3. The molecule has 2 N–H and O–H groups in total. The third-order valence-corrected chi connectivity index (χ3v) is 4.32. The van der Waals surface area contributed by atoms with E-state index in [9.17, 15) is 13.6 Å². The van der Waals surface area contributed by atoms with Gasteiger partial charge in [-0.2, -0.15) is 5.10 Å². The quantitative estimate of drug-likeness (QED) is 0.869. The Labute approximate surface area is 144 Å². The van der Waals surface area contributed by atoms with Crippen molar-refractivity contribution in [3.63, 3.8) is 0 Å². The van der Waals surface area contributed by atoms with Crippen LogP contribution in [0.5, 0.6) is 0 Å². The van der Waals surface area contributed by atoms with Crippen LogP contribution in [0, 0.1) is 5.92 Å². The first-order chi connectivity index (χ1) is 11.9. The maximum atomic E-state index is 13.1. The average Bonchev–Trinajstić information content (AvgIpc) is 3.13. The summed E-state index contributed by atoms with van der Waals surface area (Å²) in [5, 5.41) is 9.68. The minimum Gasteiger partial charge on any atom is -0.338 e. The number of carbonyl (C=O) groups excluding carboxylic acids is 1. The maximum absolute atomic E-state index is 13.1. The molecule has 6 nitrogen and oxygen atoms in total. The van der Waals surface area contributed by atoms with E-state index in [0.29, 0.717) is 30.9 Å². The highest BCUT2D eigenvalue weighted by Crippen LogP contribution is 2.40. The second-order valence-electron chi connectivity index (χ2n) is 6.46. The van der Waals surface area contributed by atoms with Crippen molar-refractivity contribution in [3.8, 4) is 11.4 Å². The Hall–Kier alpha value is -2.51. The van der Waals surface area contributed by atoms with E-state index in [1.54, 1.807) is 30.2 Å². The van der Waals surface area contributed by atoms with Gasteiger partial charge >= 0.3 is 6.03 Å².